The minimum absolute atomic E-state index is 0.0598. The first-order chi connectivity index (χ1) is 14.8. The van der Waals surface area contributed by atoms with E-state index in [-0.39, 0.29) is 30.2 Å². The van der Waals surface area contributed by atoms with Crippen LogP contribution in [0.15, 0.2) is 50.3 Å². The van der Waals surface area contributed by atoms with E-state index < -0.39 is 0 Å². The van der Waals surface area contributed by atoms with Crippen LogP contribution in [0, 0.1) is 6.92 Å². The summed E-state index contributed by atoms with van der Waals surface area (Å²) < 4.78 is 13.6. The van der Waals surface area contributed by atoms with Gasteiger partial charge >= 0.3 is 5.69 Å². The molecule has 31 heavy (non-hydrogen) atoms. The second kappa shape index (κ2) is 8.25. The van der Waals surface area contributed by atoms with Crippen LogP contribution in [0.2, 0.25) is 0 Å². The molecule has 0 spiro atoms. The molecule has 3 aromatic heterocycles. The van der Waals surface area contributed by atoms with Crippen LogP contribution in [-0.2, 0) is 17.8 Å². The molecule has 0 aliphatic rings. The van der Waals surface area contributed by atoms with Gasteiger partial charge in [-0.1, -0.05) is 5.16 Å². The van der Waals surface area contributed by atoms with E-state index in [0.29, 0.717) is 29.2 Å². The van der Waals surface area contributed by atoms with Gasteiger partial charge in [-0.25, -0.2) is 4.79 Å². The number of imidazole rings is 1. The van der Waals surface area contributed by atoms with E-state index in [9.17, 15) is 9.59 Å². The number of hydrogen-bond acceptors (Lipinski definition) is 6. The summed E-state index contributed by atoms with van der Waals surface area (Å²) in [6, 6.07) is 9.00. The number of rotatable bonds is 7. The van der Waals surface area contributed by atoms with Crippen LogP contribution >= 0.6 is 0 Å². The molecule has 1 atom stereocenters. The van der Waals surface area contributed by atoms with Gasteiger partial charge in [0.1, 0.15) is 12.3 Å². The van der Waals surface area contributed by atoms with Crippen LogP contribution in [0.5, 0.6) is 0 Å². The van der Waals surface area contributed by atoms with Gasteiger partial charge in [-0.05, 0) is 51.1 Å². The summed E-state index contributed by atoms with van der Waals surface area (Å²) in [5.74, 6) is 1.44. The Kier molecular flexibility index (Phi) is 5.50. The molecule has 1 N–H and O–H groups in total. The smallest absolute Gasteiger partial charge is 0.329 e. The molecule has 0 saturated heterocycles. The van der Waals surface area contributed by atoms with Crippen molar-refractivity contribution in [3.8, 4) is 11.4 Å². The molecule has 1 amide bonds. The van der Waals surface area contributed by atoms with E-state index in [1.165, 1.54) is 4.57 Å². The number of carbonyl (C=O) groups is 1. The second-order valence-electron chi connectivity index (χ2n) is 7.93. The van der Waals surface area contributed by atoms with E-state index in [4.69, 9.17) is 8.94 Å². The molecule has 0 radical (unpaired) electrons. The highest BCUT2D eigenvalue weighted by Crippen LogP contribution is 2.24. The van der Waals surface area contributed by atoms with Crippen LogP contribution in [0.4, 0.5) is 0 Å². The topological polar surface area (TPSA) is 108 Å². The maximum atomic E-state index is 13.1. The van der Waals surface area contributed by atoms with Gasteiger partial charge in [0, 0.05) is 31.0 Å². The van der Waals surface area contributed by atoms with E-state index in [1.807, 2.05) is 51.1 Å². The Hall–Kier alpha value is -3.62. The summed E-state index contributed by atoms with van der Waals surface area (Å²) in [4.78, 5) is 30.1. The summed E-state index contributed by atoms with van der Waals surface area (Å²) >= 11 is 0. The number of fused-ring (bicyclic) bond motifs is 1. The van der Waals surface area contributed by atoms with Gasteiger partial charge in [-0.3, -0.25) is 13.9 Å². The van der Waals surface area contributed by atoms with Gasteiger partial charge < -0.3 is 14.3 Å². The Bertz CT molecular complexity index is 1260. The zero-order valence-corrected chi connectivity index (χ0v) is 18.0. The van der Waals surface area contributed by atoms with Crippen molar-refractivity contribution in [1.82, 2.24) is 24.6 Å². The Morgan fingerprint density at radius 3 is 2.65 bits per heavy atom. The standard InChI is InChI=1S/C22H25N5O4/c1-13(2)27-18-8-7-16(21-24-15(4)31-25-21)11-19(18)26(22(27)29)12-20(28)23-14(3)10-17-6-5-9-30-17/h5-9,11,13-14H,10,12H2,1-4H3,(H,23,28)/t14-/m1/s1. The lowest BCUT2D eigenvalue weighted by molar-refractivity contribution is -0.122. The van der Waals surface area contributed by atoms with Crippen LogP contribution in [0.3, 0.4) is 0 Å². The molecule has 0 bridgehead atoms. The zero-order chi connectivity index (χ0) is 22.1. The lowest BCUT2D eigenvalue weighted by Crippen LogP contribution is -2.38. The quantitative estimate of drug-likeness (QED) is 0.489. The molecule has 9 nitrogen and oxygen atoms in total. The fourth-order valence-corrected chi connectivity index (χ4v) is 3.73. The van der Waals surface area contributed by atoms with Crippen molar-refractivity contribution >= 4 is 16.9 Å². The van der Waals surface area contributed by atoms with Gasteiger partial charge in [0.05, 0.1) is 17.3 Å². The zero-order valence-electron chi connectivity index (χ0n) is 18.0. The fraction of sp³-hybridized carbons (Fsp3) is 0.364. The van der Waals surface area contributed by atoms with Gasteiger partial charge in [0.15, 0.2) is 0 Å². The minimum Gasteiger partial charge on any atom is -0.469 e. The van der Waals surface area contributed by atoms with Crippen molar-refractivity contribution in [3.63, 3.8) is 0 Å². The van der Waals surface area contributed by atoms with Crippen molar-refractivity contribution in [2.75, 3.05) is 0 Å². The second-order valence-corrected chi connectivity index (χ2v) is 7.93. The van der Waals surface area contributed by atoms with Gasteiger partial charge in [0.25, 0.3) is 0 Å². The average Bonchev–Trinajstić information content (AvgIpc) is 3.42. The molecule has 1 aromatic carbocycles. The van der Waals surface area contributed by atoms with Crippen LogP contribution < -0.4 is 11.0 Å². The predicted molar refractivity (Wildman–Crippen MR) is 115 cm³/mol. The maximum absolute atomic E-state index is 13.1. The summed E-state index contributed by atoms with van der Waals surface area (Å²) in [7, 11) is 0. The van der Waals surface area contributed by atoms with Crippen molar-refractivity contribution in [2.24, 2.45) is 0 Å². The van der Waals surface area contributed by atoms with Gasteiger partial charge in [-0.15, -0.1) is 0 Å². The Labute approximate surface area is 178 Å². The molecule has 0 aliphatic heterocycles. The van der Waals surface area contributed by atoms with Gasteiger partial charge in [0.2, 0.25) is 17.6 Å². The molecular weight excluding hydrogens is 398 g/mol. The van der Waals surface area contributed by atoms with Crippen molar-refractivity contribution in [1.29, 1.82) is 0 Å². The number of aryl methyl sites for hydroxylation is 1. The van der Waals surface area contributed by atoms with Crippen LogP contribution in [0.25, 0.3) is 22.4 Å². The third-order valence-corrected chi connectivity index (χ3v) is 5.06. The Morgan fingerprint density at radius 1 is 1.19 bits per heavy atom. The van der Waals surface area contributed by atoms with E-state index in [2.05, 4.69) is 15.5 Å². The SMILES string of the molecule is Cc1nc(-c2ccc3c(c2)n(CC(=O)N[C@H](C)Cc2ccco2)c(=O)n3C(C)C)no1. The first kappa shape index (κ1) is 20.6. The number of aromatic nitrogens is 4. The molecule has 3 heterocycles. The van der Waals surface area contributed by atoms with Crippen molar-refractivity contribution in [3.05, 3.63) is 58.7 Å². The van der Waals surface area contributed by atoms with Crippen LogP contribution in [-0.4, -0.2) is 31.2 Å². The fourth-order valence-electron chi connectivity index (χ4n) is 3.73. The largest absolute Gasteiger partial charge is 0.469 e. The van der Waals surface area contributed by atoms with E-state index in [1.54, 1.807) is 17.8 Å². The Balaban J connectivity index is 1.65. The molecule has 0 unspecified atom stereocenters. The lowest BCUT2D eigenvalue weighted by Gasteiger charge is -2.13. The molecule has 0 fully saturated rings. The summed E-state index contributed by atoms with van der Waals surface area (Å²) in [6.07, 6.45) is 2.18. The number of nitrogens with one attached hydrogen (secondary N) is 1. The number of amides is 1. The highest BCUT2D eigenvalue weighted by Gasteiger charge is 2.20. The van der Waals surface area contributed by atoms with E-state index >= 15 is 0 Å². The van der Waals surface area contributed by atoms with Gasteiger partial charge in [-0.2, -0.15) is 4.98 Å². The monoisotopic (exact) mass is 423 g/mol. The number of nitrogens with zero attached hydrogens (tertiary/aromatic N) is 4. The first-order valence-corrected chi connectivity index (χ1v) is 10.2. The highest BCUT2D eigenvalue weighted by atomic mass is 16.5. The summed E-state index contributed by atoms with van der Waals surface area (Å²) in [6.45, 7) is 7.40. The minimum atomic E-state index is -0.246. The number of carbonyl (C=O) groups excluding carboxylic acids is 1. The maximum Gasteiger partial charge on any atom is 0.329 e. The first-order valence-electron chi connectivity index (χ1n) is 10.2. The molecule has 162 valence electrons. The predicted octanol–water partition coefficient (Wildman–Crippen LogP) is 3.08. The number of benzene rings is 1. The molecule has 0 aliphatic carbocycles. The third kappa shape index (κ3) is 4.16. The normalized spacial score (nSPS) is 12.5. The molecule has 4 aromatic rings. The van der Waals surface area contributed by atoms with Crippen molar-refractivity contribution in [2.45, 2.75) is 52.7 Å². The molecule has 4 rings (SSSR count). The molecule has 9 heteroatoms. The number of furan rings is 1. The third-order valence-electron chi connectivity index (χ3n) is 5.06. The summed E-state index contributed by atoms with van der Waals surface area (Å²) in [5.41, 5.74) is 1.87. The molecule has 0 saturated carbocycles. The summed E-state index contributed by atoms with van der Waals surface area (Å²) in [5, 5.41) is 6.89. The Morgan fingerprint density at radius 2 is 2.00 bits per heavy atom. The average molecular weight is 423 g/mol. The van der Waals surface area contributed by atoms with Crippen molar-refractivity contribution < 1.29 is 13.7 Å². The van der Waals surface area contributed by atoms with Crippen LogP contribution in [0.1, 0.15) is 38.5 Å². The number of hydrogen-bond donors (Lipinski definition) is 1. The lowest BCUT2D eigenvalue weighted by atomic mass is 10.2. The van der Waals surface area contributed by atoms with E-state index in [0.717, 1.165) is 11.3 Å². The molecular formula is C22H25N5O4. The highest BCUT2D eigenvalue weighted by molar-refractivity contribution is 5.84.